The number of hydrogen-bond acceptors (Lipinski definition) is 6. The molecule has 1 aromatic carbocycles. The number of rotatable bonds is 4. The van der Waals surface area contributed by atoms with Gasteiger partial charge in [0.2, 0.25) is 16.7 Å². The van der Waals surface area contributed by atoms with Crippen molar-refractivity contribution in [3.8, 4) is 17.5 Å². The van der Waals surface area contributed by atoms with Gasteiger partial charge in [0.05, 0.1) is 17.2 Å². The van der Waals surface area contributed by atoms with E-state index in [1.54, 1.807) is 12.3 Å². The molecule has 4 heterocycles. The predicted octanol–water partition coefficient (Wildman–Crippen LogP) is 5.34. The Morgan fingerprint density at radius 1 is 1.21 bits per heavy atom. The van der Waals surface area contributed by atoms with Gasteiger partial charge in [0, 0.05) is 4.47 Å². The zero-order valence-corrected chi connectivity index (χ0v) is 18.4. The Hall–Kier alpha value is -2.16. The van der Waals surface area contributed by atoms with E-state index < -0.39 is 0 Å². The molecule has 1 N–H and O–H groups in total. The first-order valence-electron chi connectivity index (χ1n) is 9.72. The Balaban J connectivity index is 1.57. The first-order valence-corrected chi connectivity index (χ1v) is 11.3. The van der Waals surface area contributed by atoms with E-state index in [1.807, 2.05) is 6.07 Å². The van der Waals surface area contributed by atoms with Crippen molar-refractivity contribution >= 4 is 32.2 Å². The summed E-state index contributed by atoms with van der Waals surface area (Å²) in [6.07, 6.45) is 3.92. The Kier molecular flexibility index (Phi) is 4.93. The number of fused-ring (bicyclic) bond motifs is 1. The minimum Gasteiger partial charge on any atom is -0.492 e. The van der Waals surface area contributed by atoms with Crippen LogP contribution >= 0.6 is 27.3 Å². The molecule has 0 unspecified atom stereocenters. The zero-order chi connectivity index (χ0) is 20.0. The Bertz CT molecular complexity index is 1110. The largest absolute Gasteiger partial charge is 0.492 e. The average Bonchev–Trinajstić information content (AvgIpc) is 3.44. The maximum absolute atomic E-state index is 11.1. The highest BCUT2D eigenvalue weighted by atomic mass is 79.9. The van der Waals surface area contributed by atoms with E-state index in [0.717, 1.165) is 46.8 Å². The molecular weight excluding hydrogens is 452 g/mol. The molecule has 0 bridgehead atoms. The van der Waals surface area contributed by atoms with Crippen molar-refractivity contribution in [1.82, 2.24) is 19.5 Å². The van der Waals surface area contributed by atoms with Crippen molar-refractivity contribution in [2.45, 2.75) is 25.8 Å². The molecule has 6 nitrogen and oxygen atoms in total. The van der Waals surface area contributed by atoms with E-state index in [4.69, 9.17) is 4.42 Å². The molecule has 1 fully saturated rings. The molecule has 4 aromatic rings. The van der Waals surface area contributed by atoms with E-state index in [-0.39, 0.29) is 11.9 Å². The van der Waals surface area contributed by atoms with E-state index in [1.165, 1.54) is 15.9 Å². The van der Waals surface area contributed by atoms with Gasteiger partial charge < -0.3 is 9.52 Å². The summed E-state index contributed by atoms with van der Waals surface area (Å²) in [7, 11) is 0. The zero-order valence-electron chi connectivity index (χ0n) is 16.0. The van der Waals surface area contributed by atoms with E-state index in [0.29, 0.717) is 16.5 Å². The number of piperidine rings is 1. The lowest BCUT2D eigenvalue weighted by Crippen LogP contribution is -2.36. The summed E-state index contributed by atoms with van der Waals surface area (Å²) in [5, 5.41) is 15.5. The van der Waals surface area contributed by atoms with Gasteiger partial charge in [0.1, 0.15) is 0 Å². The molecule has 0 amide bonds. The number of likely N-dealkylation sites (tertiary alicyclic amines) is 1. The highest BCUT2D eigenvalue weighted by Crippen LogP contribution is 2.42. The number of benzene rings is 1. The van der Waals surface area contributed by atoms with Gasteiger partial charge in [-0.3, -0.25) is 4.90 Å². The van der Waals surface area contributed by atoms with Gasteiger partial charge in [-0.25, -0.2) is 0 Å². The Morgan fingerprint density at radius 3 is 2.62 bits per heavy atom. The molecule has 0 spiro atoms. The van der Waals surface area contributed by atoms with E-state index >= 15 is 0 Å². The smallest absolute Gasteiger partial charge is 0.230 e. The molecule has 1 atom stereocenters. The first kappa shape index (κ1) is 18.8. The Labute approximate surface area is 180 Å². The second-order valence-electron chi connectivity index (χ2n) is 7.57. The summed E-state index contributed by atoms with van der Waals surface area (Å²) in [6.45, 7) is 4.32. The summed E-state index contributed by atoms with van der Waals surface area (Å²) >= 11 is 5.01. The van der Waals surface area contributed by atoms with Crippen LogP contribution in [-0.2, 0) is 0 Å². The SMILES string of the molecule is CC1CCN([C@H](c2ccc(Br)cc2)c2sc3nc(-c4ccco4)nn3c2O)CC1. The molecule has 3 aromatic heterocycles. The number of aromatic hydroxyl groups is 1. The fourth-order valence-electron chi connectivity index (χ4n) is 3.90. The third kappa shape index (κ3) is 3.49. The average molecular weight is 473 g/mol. The number of aromatic nitrogens is 3. The maximum Gasteiger partial charge on any atom is 0.230 e. The molecule has 1 saturated heterocycles. The molecule has 8 heteroatoms. The molecule has 5 rings (SSSR count). The number of thiazole rings is 1. The van der Waals surface area contributed by atoms with Crippen molar-refractivity contribution in [1.29, 1.82) is 0 Å². The topological polar surface area (TPSA) is 66.8 Å². The van der Waals surface area contributed by atoms with Crippen LogP contribution in [0.25, 0.3) is 16.5 Å². The van der Waals surface area contributed by atoms with Crippen molar-refractivity contribution in [3.05, 3.63) is 57.6 Å². The highest BCUT2D eigenvalue weighted by molar-refractivity contribution is 9.10. The number of nitrogens with zero attached hydrogens (tertiary/aromatic N) is 4. The van der Waals surface area contributed by atoms with Crippen LogP contribution < -0.4 is 0 Å². The molecule has 0 aliphatic carbocycles. The third-order valence-electron chi connectivity index (χ3n) is 5.56. The highest BCUT2D eigenvalue weighted by Gasteiger charge is 2.31. The van der Waals surface area contributed by atoms with Crippen LogP contribution in [0.3, 0.4) is 0 Å². The maximum atomic E-state index is 11.1. The second-order valence-corrected chi connectivity index (χ2v) is 9.49. The molecule has 0 radical (unpaired) electrons. The second kappa shape index (κ2) is 7.59. The molecular formula is C21H21BrN4O2S. The van der Waals surface area contributed by atoms with Crippen LogP contribution in [0.15, 0.2) is 51.6 Å². The van der Waals surface area contributed by atoms with E-state index in [9.17, 15) is 5.11 Å². The van der Waals surface area contributed by atoms with Crippen LogP contribution in [-0.4, -0.2) is 37.7 Å². The van der Waals surface area contributed by atoms with Gasteiger partial charge in [-0.15, -0.1) is 5.10 Å². The van der Waals surface area contributed by atoms with Gasteiger partial charge >= 0.3 is 0 Å². The summed E-state index contributed by atoms with van der Waals surface area (Å²) < 4.78 is 7.96. The number of hydrogen-bond donors (Lipinski definition) is 1. The van der Waals surface area contributed by atoms with E-state index in [2.05, 4.69) is 62.1 Å². The Morgan fingerprint density at radius 2 is 1.97 bits per heavy atom. The molecule has 1 aliphatic rings. The van der Waals surface area contributed by atoms with Crippen LogP contribution in [0, 0.1) is 5.92 Å². The van der Waals surface area contributed by atoms with Crippen LogP contribution in [0.2, 0.25) is 0 Å². The van der Waals surface area contributed by atoms with Crippen molar-refractivity contribution in [2.75, 3.05) is 13.1 Å². The van der Waals surface area contributed by atoms with Crippen molar-refractivity contribution in [2.24, 2.45) is 5.92 Å². The minimum atomic E-state index is -0.0174. The summed E-state index contributed by atoms with van der Waals surface area (Å²) in [4.78, 5) is 8.58. The summed E-state index contributed by atoms with van der Waals surface area (Å²) in [5.41, 5.74) is 1.16. The number of halogens is 1. The van der Waals surface area contributed by atoms with Crippen molar-refractivity contribution in [3.63, 3.8) is 0 Å². The first-order chi connectivity index (χ1) is 14.1. The molecule has 29 heavy (non-hydrogen) atoms. The molecule has 1 aliphatic heterocycles. The minimum absolute atomic E-state index is 0.0174. The lowest BCUT2D eigenvalue weighted by molar-refractivity contribution is 0.157. The predicted molar refractivity (Wildman–Crippen MR) is 116 cm³/mol. The summed E-state index contributed by atoms with van der Waals surface area (Å²) in [6, 6.07) is 12.0. The fourth-order valence-corrected chi connectivity index (χ4v) is 5.28. The normalized spacial score (nSPS) is 17.2. The quantitative estimate of drug-likeness (QED) is 0.434. The van der Waals surface area contributed by atoms with Gasteiger partial charge in [0.15, 0.2) is 5.76 Å². The monoisotopic (exact) mass is 472 g/mol. The third-order valence-corrected chi connectivity index (χ3v) is 7.16. The van der Waals surface area contributed by atoms with Gasteiger partial charge in [-0.05, 0) is 61.7 Å². The fraction of sp³-hybridized carbons (Fsp3) is 0.333. The molecule has 150 valence electrons. The van der Waals surface area contributed by atoms with Crippen LogP contribution in [0.5, 0.6) is 5.88 Å². The van der Waals surface area contributed by atoms with Crippen LogP contribution in [0.1, 0.15) is 36.2 Å². The van der Waals surface area contributed by atoms with Crippen molar-refractivity contribution < 1.29 is 9.52 Å². The lowest BCUT2D eigenvalue weighted by atomic mass is 9.95. The van der Waals surface area contributed by atoms with Crippen LogP contribution in [0.4, 0.5) is 0 Å². The van der Waals surface area contributed by atoms with Gasteiger partial charge in [-0.2, -0.15) is 9.50 Å². The van der Waals surface area contributed by atoms with Gasteiger partial charge in [0.25, 0.3) is 0 Å². The summed E-state index contributed by atoms with van der Waals surface area (Å²) in [5.74, 6) is 1.97. The lowest BCUT2D eigenvalue weighted by Gasteiger charge is -2.36. The van der Waals surface area contributed by atoms with Gasteiger partial charge in [-0.1, -0.05) is 46.3 Å². The standard InChI is InChI=1S/C21H21BrN4O2S/c1-13-8-10-25(11-9-13)17(14-4-6-15(22)7-5-14)18-20(27)26-21(29-18)23-19(24-26)16-3-2-12-28-16/h2-7,12-13,17,27H,8-11H2,1H3/t17-/m1/s1. The molecule has 0 saturated carbocycles. The number of furan rings is 1.